The zero-order valence-corrected chi connectivity index (χ0v) is 10.1. The minimum absolute atomic E-state index is 0.226. The third kappa shape index (κ3) is 2.67. The number of carboxylic acid groups (broad SMARTS) is 1. The summed E-state index contributed by atoms with van der Waals surface area (Å²) < 4.78 is 0. The standard InChI is InChI=1S/C11H17N3O3/c1-8(4-7-12)14(2)10(17)13-11(9(15)16)5-3-6-11/h8H,3-6H2,1-2H3,(H,13,17)(H,15,16). The summed E-state index contributed by atoms with van der Waals surface area (Å²) in [6.07, 6.45) is 1.97. The fraction of sp³-hybridized carbons (Fsp3) is 0.727. The van der Waals surface area contributed by atoms with Crippen molar-refractivity contribution in [2.75, 3.05) is 7.05 Å². The molecule has 1 fully saturated rings. The Morgan fingerprint density at radius 1 is 1.59 bits per heavy atom. The first kappa shape index (κ1) is 13.3. The van der Waals surface area contributed by atoms with E-state index in [2.05, 4.69) is 5.32 Å². The molecule has 94 valence electrons. The van der Waals surface area contributed by atoms with Gasteiger partial charge in [0.1, 0.15) is 5.54 Å². The van der Waals surface area contributed by atoms with Crippen molar-refractivity contribution >= 4 is 12.0 Å². The van der Waals surface area contributed by atoms with E-state index in [0.29, 0.717) is 12.8 Å². The summed E-state index contributed by atoms with van der Waals surface area (Å²) in [6.45, 7) is 1.75. The lowest BCUT2D eigenvalue weighted by molar-refractivity contribution is -0.148. The second kappa shape index (κ2) is 5.04. The molecule has 1 saturated carbocycles. The van der Waals surface area contributed by atoms with Crippen molar-refractivity contribution in [2.24, 2.45) is 0 Å². The quantitative estimate of drug-likeness (QED) is 0.763. The van der Waals surface area contributed by atoms with Crippen LogP contribution in [0, 0.1) is 11.3 Å². The molecule has 0 heterocycles. The van der Waals surface area contributed by atoms with E-state index >= 15 is 0 Å². The van der Waals surface area contributed by atoms with Gasteiger partial charge in [0, 0.05) is 13.1 Å². The van der Waals surface area contributed by atoms with Crippen LogP contribution in [-0.2, 0) is 4.79 Å². The van der Waals surface area contributed by atoms with Crippen LogP contribution in [0.3, 0.4) is 0 Å². The van der Waals surface area contributed by atoms with Gasteiger partial charge in [-0.1, -0.05) is 0 Å². The second-order valence-electron chi connectivity index (χ2n) is 4.49. The molecule has 1 aliphatic carbocycles. The molecule has 6 heteroatoms. The van der Waals surface area contributed by atoms with E-state index in [4.69, 9.17) is 10.4 Å². The topological polar surface area (TPSA) is 93.4 Å². The van der Waals surface area contributed by atoms with Crippen molar-refractivity contribution in [3.63, 3.8) is 0 Å². The smallest absolute Gasteiger partial charge is 0.329 e. The minimum atomic E-state index is -1.10. The Morgan fingerprint density at radius 2 is 2.18 bits per heavy atom. The van der Waals surface area contributed by atoms with Gasteiger partial charge in [0.15, 0.2) is 0 Å². The molecule has 0 aromatic carbocycles. The Labute approximate surface area is 100 Å². The fourth-order valence-electron chi connectivity index (χ4n) is 1.68. The van der Waals surface area contributed by atoms with Crippen molar-refractivity contribution in [3.05, 3.63) is 0 Å². The number of nitrogens with zero attached hydrogens (tertiary/aromatic N) is 2. The molecule has 0 aromatic heterocycles. The monoisotopic (exact) mass is 239 g/mol. The third-order valence-corrected chi connectivity index (χ3v) is 3.33. The van der Waals surface area contributed by atoms with E-state index in [9.17, 15) is 9.59 Å². The highest BCUT2D eigenvalue weighted by Gasteiger charge is 2.46. The number of rotatable bonds is 4. The molecule has 1 rings (SSSR count). The van der Waals surface area contributed by atoms with Crippen molar-refractivity contribution in [1.29, 1.82) is 5.26 Å². The van der Waals surface area contributed by atoms with E-state index in [-0.39, 0.29) is 12.5 Å². The maximum atomic E-state index is 11.8. The normalized spacial score (nSPS) is 18.4. The molecule has 1 aliphatic rings. The first-order valence-corrected chi connectivity index (χ1v) is 5.58. The third-order valence-electron chi connectivity index (χ3n) is 3.33. The van der Waals surface area contributed by atoms with Crippen LogP contribution in [0.5, 0.6) is 0 Å². The van der Waals surface area contributed by atoms with Gasteiger partial charge >= 0.3 is 12.0 Å². The molecular weight excluding hydrogens is 222 g/mol. The van der Waals surface area contributed by atoms with E-state index in [1.165, 1.54) is 4.90 Å². The number of nitrogens with one attached hydrogen (secondary N) is 1. The molecule has 0 aromatic rings. The minimum Gasteiger partial charge on any atom is -0.480 e. The molecule has 0 radical (unpaired) electrons. The molecule has 1 unspecified atom stereocenters. The van der Waals surface area contributed by atoms with Crippen LogP contribution in [0.4, 0.5) is 4.79 Å². The number of carbonyl (C=O) groups is 2. The Hall–Kier alpha value is -1.77. The lowest BCUT2D eigenvalue weighted by Crippen LogP contribution is -2.62. The molecule has 17 heavy (non-hydrogen) atoms. The number of carbonyl (C=O) groups excluding carboxylic acids is 1. The molecule has 2 amide bonds. The summed E-state index contributed by atoms with van der Waals surface area (Å²) in [5, 5.41) is 20.2. The molecular formula is C11H17N3O3. The Bertz CT molecular complexity index is 357. The summed E-state index contributed by atoms with van der Waals surface area (Å²) in [5.41, 5.74) is -1.10. The Kier molecular flexibility index (Phi) is 3.94. The van der Waals surface area contributed by atoms with Gasteiger partial charge in [-0.3, -0.25) is 0 Å². The lowest BCUT2D eigenvalue weighted by Gasteiger charge is -2.39. The van der Waals surface area contributed by atoms with E-state index in [0.717, 1.165) is 6.42 Å². The molecule has 0 saturated heterocycles. The summed E-state index contributed by atoms with van der Waals surface area (Å²) >= 11 is 0. The fourth-order valence-corrected chi connectivity index (χ4v) is 1.68. The summed E-state index contributed by atoms with van der Waals surface area (Å²) in [4.78, 5) is 24.3. The number of amides is 2. The predicted molar refractivity (Wildman–Crippen MR) is 60.2 cm³/mol. The van der Waals surface area contributed by atoms with Crippen LogP contribution in [0.2, 0.25) is 0 Å². The van der Waals surface area contributed by atoms with Gasteiger partial charge in [-0.25, -0.2) is 9.59 Å². The number of hydrogen-bond donors (Lipinski definition) is 2. The van der Waals surface area contributed by atoms with E-state index in [1.807, 2.05) is 6.07 Å². The maximum Gasteiger partial charge on any atom is 0.329 e. The zero-order valence-electron chi connectivity index (χ0n) is 10.1. The number of aliphatic carboxylic acids is 1. The van der Waals surface area contributed by atoms with Crippen LogP contribution in [0.25, 0.3) is 0 Å². The van der Waals surface area contributed by atoms with Gasteiger partial charge < -0.3 is 15.3 Å². The molecule has 0 aliphatic heterocycles. The number of hydrogen-bond acceptors (Lipinski definition) is 3. The van der Waals surface area contributed by atoms with Crippen molar-refractivity contribution in [2.45, 2.75) is 44.2 Å². The van der Waals surface area contributed by atoms with Crippen molar-refractivity contribution < 1.29 is 14.7 Å². The molecule has 6 nitrogen and oxygen atoms in total. The number of nitriles is 1. The summed E-state index contributed by atoms with van der Waals surface area (Å²) in [6, 6.07) is 1.31. The summed E-state index contributed by atoms with van der Waals surface area (Å²) in [5.74, 6) is -0.988. The zero-order chi connectivity index (χ0) is 13.1. The predicted octanol–water partition coefficient (Wildman–Crippen LogP) is 0.937. The van der Waals surface area contributed by atoms with Crippen molar-refractivity contribution in [3.8, 4) is 6.07 Å². The second-order valence-corrected chi connectivity index (χ2v) is 4.49. The highest BCUT2D eigenvalue weighted by Crippen LogP contribution is 2.32. The Morgan fingerprint density at radius 3 is 2.53 bits per heavy atom. The van der Waals surface area contributed by atoms with Gasteiger partial charge in [-0.05, 0) is 26.2 Å². The van der Waals surface area contributed by atoms with Crippen LogP contribution in [0.15, 0.2) is 0 Å². The number of urea groups is 1. The first-order chi connectivity index (χ1) is 7.93. The highest BCUT2D eigenvalue weighted by atomic mass is 16.4. The van der Waals surface area contributed by atoms with E-state index < -0.39 is 17.5 Å². The van der Waals surface area contributed by atoms with Crippen LogP contribution >= 0.6 is 0 Å². The van der Waals surface area contributed by atoms with Gasteiger partial charge in [-0.2, -0.15) is 5.26 Å². The lowest BCUT2D eigenvalue weighted by atomic mass is 9.77. The molecule has 0 bridgehead atoms. The largest absolute Gasteiger partial charge is 0.480 e. The number of carboxylic acids is 1. The highest BCUT2D eigenvalue weighted by molar-refractivity contribution is 5.87. The first-order valence-electron chi connectivity index (χ1n) is 5.58. The van der Waals surface area contributed by atoms with Crippen LogP contribution < -0.4 is 5.32 Å². The van der Waals surface area contributed by atoms with Crippen molar-refractivity contribution in [1.82, 2.24) is 10.2 Å². The van der Waals surface area contributed by atoms with E-state index in [1.54, 1.807) is 14.0 Å². The molecule has 2 N–H and O–H groups in total. The van der Waals surface area contributed by atoms with Gasteiger partial charge in [0.05, 0.1) is 12.5 Å². The van der Waals surface area contributed by atoms with Gasteiger partial charge in [-0.15, -0.1) is 0 Å². The average molecular weight is 239 g/mol. The molecule has 1 atom stereocenters. The summed E-state index contributed by atoms with van der Waals surface area (Å²) in [7, 11) is 1.56. The maximum absolute atomic E-state index is 11.8. The average Bonchev–Trinajstić information content (AvgIpc) is 2.21. The van der Waals surface area contributed by atoms with Gasteiger partial charge in [0.25, 0.3) is 0 Å². The van der Waals surface area contributed by atoms with Gasteiger partial charge in [0.2, 0.25) is 0 Å². The Balaban J connectivity index is 2.60. The van der Waals surface area contributed by atoms with Crippen LogP contribution in [0.1, 0.15) is 32.6 Å². The van der Waals surface area contributed by atoms with Crippen LogP contribution in [-0.4, -0.2) is 40.6 Å². The SMILES string of the molecule is CC(CC#N)N(C)C(=O)NC1(C(=O)O)CCC1. The molecule has 0 spiro atoms.